The Kier molecular flexibility index (Phi) is 7.16. The minimum Gasteiger partial charge on any atom is -0.491 e. The molecule has 1 atom stereocenters. The zero-order chi connectivity index (χ0) is 25.9. The van der Waals surface area contributed by atoms with E-state index in [0.717, 1.165) is 85.3 Å². The number of rotatable bonds is 7. The summed E-state index contributed by atoms with van der Waals surface area (Å²) in [5, 5.41) is 0. The van der Waals surface area contributed by atoms with Crippen molar-refractivity contribution in [2.45, 2.75) is 31.8 Å². The Morgan fingerprint density at radius 3 is 2.76 bits per heavy atom. The monoisotopic (exact) mass is 511 g/mol. The number of hydrogen-bond donors (Lipinski definition) is 0. The van der Waals surface area contributed by atoms with Crippen molar-refractivity contribution >= 4 is 12.0 Å². The van der Waals surface area contributed by atoms with Gasteiger partial charge >= 0.3 is 0 Å². The molecule has 2 aliphatic heterocycles. The number of likely N-dealkylation sites (N-methyl/N-ethyl adjacent to an activating group) is 1. The summed E-state index contributed by atoms with van der Waals surface area (Å²) in [6, 6.07) is 12.1. The third-order valence-corrected chi connectivity index (χ3v) is 7.51. The third kappa shape index (κ3) is 5.61. The molecule has 0 radical (unpaired) electrons. The van der Waals surface area contributed by atoms with Crippen LogP contribution in [0.15, 0.2) is 54.4 Å². The van der Waals surface area contributed by atoms with Gasteiger partial charge in [0.1, 0.15) is 18.2 Å². The Morgan fingerprint density at radius 1 is 1.05 bits per heavy atom. The van der Waals surface area contributed by atoms with Gasteiger partial charge in [0.15, 0.2) is 0 Å². The molecule has 1 amide bonds. The van der Waals surface area contributed by atoms with Crippen LogP contribution in [0.3, 0.4) is 0 Å². The van der Waals surface area contributed by atoms with E-state index in [1.54, 1.807) is 12.4 Å². The summed E-state index contributed by atoms with van der Waals surface area (Å²) in [5.41, 5.74) is 5.83. The zero-order valence-electron chi connectivity index (χ0n) is 21.8. The number of carbonyl (C=O) groups excluding carboxylic acids is 1. The van der Waals surface area contributed by atoms with Gasteiger partial charge in [-0.25, -0.2) is 9.97 Å². The number of piperazine rings is 1. The second kappa shape index (κ2) is 11.0. The highest BCUT2D eigenvalue weighted by Crippen LogP contribution is 2.28. The Hall–Kier alpha value is -3.62. The van der Waals surface area contributed by atoms with Gasteiger partial charge in [-0.15, -0.1) is 0 Å². The predicted molar refractivity (Wildman–Crippen MR) is 145 cm³/mol. The average Bonchev–Trinajstić information content (AvgIpc) is 3.62. The molecule has 3 aliphatic rings. The lowest BCUT2D eigenvalue weighted by Crippen LogP contribution is -2.47. The van der Waals surface area contributed by atoms with Crippen molar-refractivity contribution < 1.29 is 14.3 Å². The van der Waals surface area contributed by atoms with E-state index in [9.17, 15) is 4.79 Å². The number of nitrogens with zero attached hydrogens (tertiary/aromatic N) is 5. The van der Waals surface area contributed by atoms with Crippen molar-refractivity contribution in [1.29, 1.82) is 0 Å². The predicted octanol–water partition coefficient (Wildman–Crippen LogP) is 3.40. The number of carbonyl (C=O) groups is 1. The molecule has 2 saturated heterocycles. The number of hydrogen-bond acceptors (Lipinski definition) is 7. The molecule has 1 aliphatic carbocycles. The lowest BCUT2D eigenvalue weighted by atomic mass is 10.0. The highest BCUT2D eigenvalue weighted by atomic mass is 16.5. The Balaban J connectivity index is 1.13. The minimum atomic E-state index is 0.167. The molecule has 0 N–H and O–H groups in total. The Labute approximate surface area is 223 Å². The standard InChI is InChI=1S/C30H33N5O3/c1-34-10-12-35(13-11-34)30(36)24-17-22-5-4-21(15-23(22)18-24)16-29-32-9-7-27(33-29)28-19-25(6-8-31-28)38-20-26-3-2-14-37-26/h4-9,15,18-19,26H,2-3,10-14,16-17,20H2,1H3. The van der Waals surface area contributed by atoms with Crippen LogP contribution in [0.1, 0.15) is 35.4 Å². The van der Waals surface area contributed by atoms with Crippen LogP contribution in [0.25, 0.3) is 17.5 Å². The molecule has 8 heteroatoms. The number of aromatic nitrogens is 3. The maximum atomic E-state index is 13.1. The summed E-state index contributed by atoms with van der Waals surface area (Å²) in [7, 11) is 2.10. The fourth-order valence-electron chi connectivity index (χ4n) is 5.26. The molecule has 38 heavy (non-hydrogen) atoms. The van der Waals surface area contributed by atoms with Crippen LogP contribution >= 0.6 is 0 Å². The van der Waals surface area contributed by atoms with Crippen molar-refractivity contribution in [3.8, 4) is 17.1 Å². The van der Waals surface area contributed by atoms with Crippen LogP contribution in [0, 0.1) is 0 Å². The summed E-state index contributed by atoms with van der Waals surface area (Å²) in [6.45, 7) is 4.81. The van der Waals surface area contributed by atoms with Crippen molar-refractivity contribution in [3.05, 3.63) is 76.9 Å². The molecular weight excluding hydrogens is 478 g/mol. The van der Waals surface area contributed by atoms with E-state index in [0.29, 0.717) is 19.4 Å². The first-order chi connectivity index (χ1) is 18.6. The molecular formula is C30H33N5O3. The fourth-order valence-corrected chi connectivity index (χ4v) is 5.26. The van der Waals surface area contributed by atoms with E-state index in [2.05, 4.69) is 46.2 Å². The van der Waals surface area contributed by atoms with Gasteiger partial charge in [-0.05, 0) is 54.8 Å². The number of pyridine rings is 1. The van der Waals surface area contributed by atoms with Gasteiger partial charge in [-0.1, -0.05) is 18.2 Å². The Morgan fingerprint density at radius 2 is 1.92 bits per heavy atom. The van der Waals surface area contributed by atoms with Gasteiger partial charge in [0.2, 0.25) is 5.91 Å². The normalized spacial score (nSPS) is 19.3. The van der Waals surface area contributed by atoms with Gasteiger partial charge < -0.3 is 19.3 Å². The third-order valence-electron chi connectivity index (χ3n) is 7.51. The van der Waals surface area contributed by atoms with Gasteiger partial charge in [0, 0.05) is 69.7 Å². The van der Waals surface area contributed by atoms with Crippen LogP contribution in [0.2, 0.25) is 0 Å². The first kappa shape index (κ1) is 24.7. The first-order valence-electron chi connectivity index (χ1n) is 13.4. The molecule has 2 fully saturated rings. The van der Waals surface area contributed by atoms with Gasteiger partial charge in [0.05, 0.1) is 17.5 Å². The molecule has 4 heterocycles. The largest absolute Gasteiger partial charge is 0.491 e. The quantitative estimate of drug-likeness (QED) is 0.481. The summed E-state index contributed by atoms with van der Waals surface area (Å²) >= 11 is 0. The van der Waals surface area contributed by atoms with Gasteiger partial charge in [0.25, 0.3) is 0 Å². The van der Waals surface area contributed by atoms with Crippen LogP contribution in [0.4, 0.5) is 0 Å². The molecule has 1 unspecified atom stereocenters. The number of benzene rings is 1. The van der Waals surface area contributed by atoms with Crippen molar-refractivity contribution in [2.24, 2.45) is 0 Å². The second-order valence-electron chi connectivity index (χ2n) is 10.3. The molecule has 0 bridgehead atoms. The molecule has 0 spiro atoms. The summed E-state index contributed by atoms with van der Waals surface area (Å²) in [4.78, 5) is 31.1. The van der Waals surface area contributed by atoms with E-state index < -0.39 is 0 Å². The topological polar surface area (TPSA) is 80.7 Å². The maximum absolute atomic E-state index is 13.1. The highest BCUT2D eigenvalue weighted by Gasteiger charge is 2.25. The van der Waals surface area contributed by atoms with Crippen molar-refractivity contribution in [1.82, 2.24) is 24.8 Å². The first-order valence-corrected chi connectivity index (χ1v) is 13.4. The fraction of sp³-hybridized carbons (Fsp3) is 0.400. The summed E-state index contributed by atoms with van der Waals surface area (Å²) in [5.74, 6) is 1.66. The van der Waals surface area contributed by atoms with Crippen LogP contribution in [-0.4, -0.2) is 83.2 Å². The number of fused-ring (bicyclic) bond motifs is 1. The van der Waals surface area contributed by atoms with E-state index in [1.165, 1.54) is 5.56 Å². The number of amides is 1. The molecule has 3 aromatic rings. The Bertz CT molecular complexity index is 1340. The molecule has 6 rings (SSSR count). The molecule has 0 saturated carbocycles. The van der Waals surface area contributed by atoms with Gasteiger partial charge in [-0.3, -0.25) is 9.78 Å². The van der Waals surface area contributed by atoms with Crippen LogP contribution in [-0.2, 0) is 22.4 Å². The molecule has 2 aromatic heterocycles. The maximum Gasteiger partial charge on any atom is 0.250 e. The molecule has 8 nitrogen and oxygen atoms in total. The zero-order valence-corrected chi connectivity index (χ0v) is 21.8. The van der Waals surface area contributed by atoms with Crippen LogP contribution < -0.4 is 4.74 Å². The lowest BCUT2D eigenvalue weighted by Gasteiger charge is -2.32. The summed E-state index contributed by atoms with van der Waals surface area (Å²) < 4.78 is 11.6. The van der Waals surface area contributed by atoms with E-state index in [1.807, 2.05) is 23.1 Å². The SMILES string of the molecule is CN1CCN(C(=O)C2=Cc3cc(Cc4nccc(-c5cc(OCC6CCCO6)ccn5)n4)ccc3C2)CC1. The highest BCUT2D eigenvalue weighted by molar-refractivity contribution is 6.00. The lowest BCUT2D eigenvalue weighted by molar-refractivity contribution is -0.128. The number of ether oxygens (including phenoxy) is 2. The van der Waals surface area contributed by atoms with Gasteiger partial charge in [-0.2, -0.15) is 0 Å². The van der Waals surface area contributed by atoms with Crippen molar-refractivity contribution in [3.63, 3.8) is 0 Å². The second-order valence-corrected chi connectivity index (χ2v) is 10.3. The van der Waals surface area contributed by atoms with E-state index in [4.69, 9.17) is 14.5 Å². The minimum absolute atomic E-state index is 0.167. The van der Waals surface area contributed by atoms with E-state index in [-0.39, 0.29) is 12.0 Å². The smallest absolute Gasteiger partial charge is 0.250 e. The van der Waals surface area contributed by atoms with E-state index >= 15 is 0 Å². The molecule has 1 aromatic carbocycles. The van der Waals surface area contributed by atoms with Crippen LogP contribution in [0.5, 0.6) is 5.75 Å². The summed E-state index contributed by atoms with van der Waals surface area (Å²) in [6.07, 6.45) is 9.18. The molecule has 196 valence electrons. The van der Waals surface area contributed by atoms with Crippen molar-refractivity contribution in [2.75, 3.05) is 46.4 Å². The average molecular weight is 512 g/mol.